The number of piperidine rings is 1. The molecule has 0 amide bonds. The fourth-order valence-electron chi connectivity index (χ4n) is 4.82. The molecule has 2 aromatic carbocycles. The first-order valence-corrected chi connectivity index (χ1v) is 10.7. The Kier molecular flexibility index (Phi) is 4.02. The standard InChI is InChI=1S/C22H26N2S/c1-2-15-4-6-16(7-5-15)17-12-18-19-14-23-9-8-20(19)24-10-3-11-25-21(13-17)22(18)24/h4-7,12-13,19-20,23H,2-3,8-11,14H2,1H3. The van der Waals surface area contributed by atoms with Crippen LogP contribution < -0.4 is 10.2 Å². The first kappa shape index (κ1) is 15.8. The largest absolute Gasteiger partial charge is 0.367 e. The molecule has 0 spiro atoms. The Morgan fingerprint density at radius 1 is 1.16 bits per heavy atom. The Bertz CT molecular complexity index is 783. The van der Waals surface area contributed by atoms with Gasteiger partial charge in [0.2, 0.25) is 0 Å². The molecule has 2 atom stereocenters. The minimum atomic E-state index is 0.663. The van der Waals surface area contributed by atoms with Crippen LogP contribution in [0.2, 0.25) is 0 Å². The maximum Gasteiger partial charge on any atom is 0.0544 e. The van der Waals surface area contributed by atoms with Crippen LogP contribution in [0.5, 0.6) is 0 Å². The van der Waals surface area contributed by atoms with Crippen LogP contribution in [0.15, 0.2) is 41.3 Å². The Morgan fingerprint density at radius 2 is 2.04 bits per heavy atom. The minimum absolute atomic E-state index is 0.663. The van der Waals surface area contributed by atoms with Crippen LogP contribution in [0.3, 0.4) is 0 Å². The topological polar surface area (TPSA) is 15.3 Å². The smallest absolute Gasteiger partial charge is 0.0544 e. The van der Waals surface area contributed by atoms with Crippen molar-refractivity contribution in [2.24, 2.45) is 0 Å². The van der Waals surface area contributed by atoms with Crippen molar-refractivity contribution in [3.63, 3.8) is 0 Å². The Morgan fingerprint density at radius 3 is 2.88 bits per heavy atom. The molecule has 1 N–H and O–H groups in total. The van der Waals surface area contributed by atoms with Crippen LogP contribution in [-0.2, 0) is 6.42 Å². The van der Waals surface area contributed by atoms with E-state index in [0.29, 0.717) is 12.0 Å². The number of nitrogens with one attached hydrogen (secondary N) is 1. The first-order valence-electron chi connectivity index (χ1n) is 9.72. The van der Waals surface area contributed by atoms with Crippen LogP contribution in [0.25, 0.3) is 11.1 Å². The van der Waals surface area contributed by atoms with Gasteiger partial charge in [-0.1, -0.05) is 31.2 Å². The van der Waals surface area contributed by atoms with E-state index in [1.54, 1.807) is 11.3 Å². The van der Waals surface area contributed by atoms with Gasteiger partial charge in [0, 0.05) is 29.9 Å². The summed E-state index contributed by atoms with van der Waals surface area (Å²) in [5.74, 6) is 1.91. The third-order valence-electron chi connectivity index (χ3n) is 6.13. The van der Waals surface area contributed by atoms with E-state index < -0.39 is 0 Å². The fraction of sp³-hybridized carbons (Fsp3) is 0.455. The summed E-state index contributed by atoms with van der Waals surface area (Å²) in [6.45, 7) is 5.76. The van der Waals surface area contributed by atoms with E-state index in [1.807, 2.05) is 0 Å². The average Bonchev–Trinajstić information content (AvgIpc) is 2.83. The van der Waals surface area contributed by atoms with E-state index in [-0.39, 0.29) is 0 Å². The van der Waals surface area contributed by atoms with Gasteiger partial charge in [-0.3, -0.25) is 0 Å². The predicted octanol–water partition coefficient (Wildman–Crippen LogP) is 4.68. The number of aryl methyl sites for hydroxylation is 1. The molecular weight excluding hydrogens is 324 g/mol. The lowest BCUT2D eigenvalue weighted by atomic mass is 9.88. The molecule has 0 saturated carbocycles. The summed E-state index contributed by atoms with van der Waals surface area (Å²) < 4.78 is 0. The molecular formula is C22H26N2S. The third kappa shape index (κ3) is 2.60. The average molecular weight is 351 g/mol. The maximum atomic E-state index is 3.64. The zero-order chi connectivity index (χ0) is 16.8. The summed E-state index contributed by atoms with van der Waals surface area (Å²) in [5.41, 5.74) is 7.34. The molecule has 0 aliphatic carbocycles. The number of thioether (sulfide) groups is 1. The van der Waals surface area contributed by atoms with Crippen LogP contribution in [0, 0.1) is 0 Å². The highest BCUT2D eigenvalue weighted by atomic mass is 32.2. The molecule has 2 unspecified atom stereocenters. The van der Waals surface area contributed by atoms with Gasteiger partial charge < -0.3 is 10.2 Å². The van der Waals surface area contributed by atoms with Crippen molar-refractivity contribution >= 4 is 17.4 Å². The summed E-state index contributed by atoms with van der Waals surface area (Å²) in [4.78, 5) is 4.26. The molecule has 3 heteroatoms. The fourth-order valence-corrected chi connectivity index (χ4v) is 5.90. The van der Waals surface area contributed by atoms with Crippen molar-refractivity contribution in [2.75, 3.05) is 30.3 Å². The van der Waals surface area contributed by atoms with E-state index in [2.05, 4.69) is 65.3 Å². The molecule has 5 rings (SSSR count). The molecule has 1 saturated heterocycles. The van der Waals surface area contributed by atoms with E-state index >= 15 is 0 Å². The van der Waals surface area contributed by atoms with Crippen LogP contribution in [0.4, 0.5) is 5.69 Å². The normalized spacial score (nSPS) is 24.6. The Labute approximate surface area is 155 Å². The van der Waals surface area contributed by atoms with Gasteiger partial charge in [-0.2, -0.15) is 0 Å². The molecule has 130 valence electrons. The lowest BCUT2D eigenvalue weighted by molar-refractivity contribution is 0.403. The van der Waals surface area contributed by atoms with E-state index in [1.165, 1.54) is 53.3 Å². The highest BCUT2D eigenvalue weighted by Gasteiger charge is 2.41. The molecule has 25 heavy (non-hydrogen) atoms. The summed E-state index contributed by atoms with van der Waals surface area (Å²) >= 11 is 2.07. The molecule has 3 aliphatic rings. The Hall–Kier alpha value is -1.45. The molecule has 3 heterocycles. The number of rotatable bonds is 2. The van der Waals surface area contributed by atoms with E-state index in [0.717, 1.165) is 13.0 Å². The van der Waals surface area contributed by atoms with Crippen molar-refractivity contribution < 1.29 is 0 Å². The molecule has 0 aromatic heterocycles. The van der Waals surface area contributed by atoms with Gasteiger partial charge in [0.15, 0.2) is 0 Å². The molecule has 0 bridgehead atoms. The third-order valence-corrected chi connectivity index (χ3v) is 7.25. The highest BCUT2D eigenvalue weighted by molar-refractivity contribution is 7.99. The van der Waals surface area contributed by atoms with Crippen molar-refractivity contribution in [3.05, 3.63) is 47.5 Å². The van der Waals surface area contributed by atoms with Crippen molar-refractivity contribution in [1.29, 1.82) is 0 Å². The number of hydrogen-bond donors (Lipinski definition) is 1. The summed E-state index contributed by atoms with van der Waals surface area (Å²) in [6, 6.07) is 14.8. The number of benzene rings is 2. The zero-order valence-electron chi connectivity index (χ0n) is 14.9. The van der Waals surface area contributed by atoms with E-state index in [9.17, 15) is 0 Å². The van der Waals surface area contributed by atoms with Crippen LogP contribution in [0.1, 0.15) is 36.8 Å². The second-order valence-corrected chi connectivity index (χ2v) is 8.66. The van der Waals surface area contributed by atoms with Gasteiger partial charge in [0.05, 0.1) is 5.69 Å². The number of nitrogens with zero attached hydrogens (tertiary/aromatic N) is 1. The second-order valence-electron chi connectivity index (χ2n) is 7.52. The van der Waals surface area contributed by atoms with Gasteiger partial charge in [-0.05, 0) is 65.9 Å². The minimum Gasteiger partial charge on any atom is -0.367 e. The van der Waals surface area contributed by atoms with Gasteiger partial charge in [-0.15, -0.1) is 11.8 Å². The van der Waals surface area contributed by atoms with Gasteiger partial charge >= 0.3 is 0 Å². The molecule has 0 radical (unpaired) electrons. The quantitative estimate of drug-likeness (QED) is 0.847. The lowest BCUT2D eigenvalue weighted by Gasteiger charge is -2.33. The van der Waals surface area contributed by atoms with Gasteiger partial charge in [0.25, 0.3) is 0 Å². The number of fused-ring (bicyclic) bond motifs is 3. The summed E-state index contributed by atoms with van der Waals surface area (Å²) in [5, 5.41) is 3.64. The zero-order valence-corrected chi connectivity index (χ0v) is 15.7. The predicted molar refractivity (Wildman–Crippen MR) is 108 cm³/mol. The van der Waals surface area contributed by atoms with Gasteiger partial charge in [0.1, 0.15) is 0 Å². The van der Waals surface area contributed by atoms with Gasteiger partial charge in [-0.25, -0.2) is 0 Å². The van der Waals surface area contributed by atoms with Crippen molar-refractivity contribution in [2.45, 2.75) is 43.0 Å². The second kappa shape index (κ2) is 6.37. The molecule has 1 fully saturated rings. The monoisotopic (exact) mass is 350 g/mol. The first-order chi connectivity index (χ1) is 12.3. The maximum absolute atomic E-state index is 3.64. The Balaban J connectivity index is 1.63. The van der Waals surface area contributed by atoms with Crippen molar-refractivity contribution in [3.8, 4) is 11.1 Å². The van der Waals surface area contributed by atoms with Crippen molar-refractivity contribution in [1.82, 2.24) is 5.32 Å². The summed E-state index contributed by atoms with van der Waals surface area (Å²) in [6.07, 6.45) is 3.69. The molecule has 3 aliphatic heterocycles. The van der Waals surface area contributed by atoms with E-state index in [4.69, 9.17) is 0 Å². The number of hydrogen-bond acceptors (Lipinski definition) is 3. The highest BCUT2D eigenvalue weighted by Crippen LogP contribution is 2.51. The molecule has 2 aromatic rings. The van der Waals surface area contributed by atoms with Crippen LogP contribution >= 0.6 is 11.8 Å². The lowest BCUT2D eigenvalue weighted by Crippen LogP contribution is -2.44. The number of anilines is 1. The summed E-state index contributed by atoms with van der Waals surface area (Å²) in [7, 11) is 0. The van der Waals surface area contributed by atoms with Crippen LogP contribution in [-0.4, -0.2) is 31.4 Å². The molecule has 2 nitrogen and oxygen atoms in total. The SMILES string of the molecule is CCc1ccc(-c2cc3c4c(c2)C2CNCCC2N4CCCS3)cc1.